The van der Waals surface area contributed by atoms with E-state index in [9.17, 15) is 0 Å². The molecule has 1 aliphatic heterocycles. The average Bonchev–Trinajstić information content (AvgIpc) is 1.76. The van der Waals surface area contributed by atoms with Crippen LogP contribution in [0, 0.1) is 0 Å². The first-order valence-electron chi connectivity index (χ1n) is 1.96. The van der Waals surface area contributed by atoms with Crippen LogP contribution in [0.1, 0.15) is 6.42 Å². The third-order valence-corrected chi connectivity index (χ3v) is 0.729. The molecule has 3 heteroatoms. The van der Waals surface area contributed by atoms with Crippen LogP contribution in [0.15, 0.2) is 0 Å². The predicted octanol–water partition coefficient (Wildman–Crippen LogP) is 0.0622. The Morgan fingerprint density at radius 2 is 1.50 bits per heavy atom. The van der Waals surface area contributed by atoms with Gasteiger partial charge in [-0.2, -0.15) is 0 Å². The average molecular weight is 153 g/mol. The normalized spacial score (nSPS) is 20.0. The second-order valence-electron chi connectivity index (χ2n) is 1.21. The Morgan fingerprint density at radius 1 is 1.00 bits per heavy atom. The van der Waals surface area contributed by atoms with Gasteiger partial charge in [0.2, 0.25) is 0 Å². The van der Waals surface area contributed by atoms with Gasteiger partial charge < -0.3 is 0 Å². The molecule has 0 spiro atoms. The van der Waals surface area contributed by atoms with Gasteiger partial charge in [0.1, 0.15) is 0 Å². The predicted molar refractivity (Wildman–Crippen MR) is 30.9 cm³/mol. The van der Waals surface area contributed by atoms with Crippen molar-refractivity contribution < 1.29 is 0 Å². The van der Waals surface area contributed by atoms with Crippen LogP contribution in [0.5, 0.6) is 0 Å². The Morgan fingerprint density at radius 3 is 1.67 bits per heavy atom. The molecular weight excluding hydrogens is 144 g/mol. The highest BCUT2D eigenvalue weighted by Crippen LogP contribution is 1.74. The number of rotatable bonds is 0. The highest BCUT2D eigenvalue weighted by Gasteiger charge is 1.91. The van der Waals surface area contributed by atoms with E-state index >= 15 is 0 Å². The first kappa shape index (κ1) is 6.40. The van der Waals surface area contributed by atoms with Crippen LogP contribution in [0.2, 0.25) is 0 Å². The van der Waals surface area contributed by atoms with E-state index in [1.54, 1.807) is 0 Å². The summed E-state index contributed by atoms with van der Waals surface area (Å²) in [6, 6.07) is 0. The maximum Gasteiger partial charge on any atom is 0.0112 e. The summed E-state index contributed by atoms with van der Waals surface area (Å²) in [5.41, 5.74) is 5.94. The van der Waals surface area contributed by atoms with Gasteiger partial charge in [-0.3, -0.25) is 10.9 Å². The van der Waals surface area contributed by atoms with Crippen LogP contribution in [-0.4, -0.2) is 13.1 Å². The standard InChI is InChI=1S/C3H8N2.BrH/c1-2-4-5-3-1;/h4-5H,1-3H2;1H. The second kappa shape index (κ2) is 3.59. The minimum Gasteiger partial charge on any atom is -0.258 e. The summed E-state index contributed by atoms with van der Waals surface area (Å²) >= 11 is 0. The van der Waals surface area contributed by atoms with Crippen LogP contribution in [0.4, 0.5) is 0 Å². The molecule has 1 heterocycles. The molecule has 0 saturated carbocycles. The maximum atomic E-state index is 2.97. The molecule has 2 nitrogen and oxygen atoms in total. The molecule has 2 N–H and O–H groups in total. The van der Waals surface area contributed by atoms with E-state index in [1.807, 2.05) is 0 Å². The summed E-state index contributed by atoms with van der Waals surface area (Å²) in [5, 5.41) is 0. The summed E-state index contributed by atoms with van der Waals surface area (Å²) in [6.45, 7) is 2.28. The number of hydrogen-bond donors (Lipinski definition) is 2. The van der Waals surface area contributed by atoms with Crippen molar-refractivity contribution in [2.75, 3.05) is 13.1 Å². The third-order valence-electron chi connectivity index (χ3n) is 0.729. The van der Waals surface area contributed by atoms with E-state index in [-0.39, 0.29) is 17.0 Å². The van der Waals surface area contributed by atoms with Gasteiger partial charge in [0.15, 0.2) is 0 Å². The Bertz CT molecular complexity index is 20.4. The molecule has 1 saturated heterocycles. The van der Waals surface area contributed by atoms with Gasteiger partial charge in [-0.05, 0) is 6.42 Å². The second-order valence-corrected chi connectivity index (χ2v) is 1.21. The lowest BCUT2D eigenvalue weighted by molar-refractivity contribution is 0.689. The topological polar surface area (TPSA) is 24.1 Å². The first-order valence-corrected chi connectivity index (χ1v) is 1.96. The highest BCUT2D eigenvalue weighted by atomic mass is 79.9. The largest absolute Gasteiger partial charge is 0.258 e. The first-order chi connectivity index (χ1) is 2.50. The summed E-state index contributed by atoms with van der Waals surface area (Å²) in [6.07, 6.45) is 1.28. The summed E-state index contributed by atoms with van der Waals surface area (Å²) in [7, 11) is 0. The quantitative estimate of drug-likeness (QED) is 0.514. The van der Waals surface area contributed by atoms with E-state index in [1.165, 1.54) is 6.42 Å². The lowest BCUT2D eigenvalue weighted by Gasteiger charge is -1.81. The van der Waals surface area contributed by atoms with E-state index < -0.39 is 0 Å². The van der Waals surface area contributed by atoms with Crippen molar-refractivity contribution in [3.05, 3.63) is 0 Å². The Balaban J connectivity index is 0.000000250. The molecule has 1 rings (SSSR count). The van der Waals surface area contributed by atoms with Gasteiger partial charge >= 0.3 is 0 Å². The Kier molecular flexibility index (Phi) is 3.82. The van der Waals surface area contributed by atoms with Gasteiger partial charge in [-0.25, -0.2) is 0 Å². The molecule has 0 atom stereocenters. The van der Waals surface area contributed by atoms with Crippen molar-refractivity contribution in [3.63, 3.8) is 0 Å². The molecule has 0 unspecified atom stereocenters. The Hall–Kier alpha value is 0.400. The van der Waals surface area contributed by atoms with E-state index in [0.29, 0.717) is 0 Å². The van der Waals surface area contributed by atoms with E-state index in [4.69, 9.17) is 0 Å². The minimum absolute atomic E-state index is 0. The fourth-order valence-corrected chi connectivity index (χ4v) is 0.442. The van der Waals surface area contributed by atoms with Crippen molar-refractivity contribution in [2.45, 2.75) is 6.42 Å². The minimum atomic E-state index is 0. The number of nitrogens with one attached hydrogen (secondary N) is 2. The van der Waals surface area contributed by atoms with Gasteiger partial charge in [-0.15, -0.1) is 17.0 Å². The van der Waals surface area contributed by atoms with Crippen molar-refractivity contribution >= 4 is 17.0 Å². The smallest absolute Gasteiger partial charge is 0.0112 e. The number of hydrogen-bond acceptors (Lipinski definition) is 2. The molecule has 0 amide bonds. The molecule has 0 bridgehead atoms. The van der Waals surface area contributed by atoms with Gasteiger partial charge in [0.25, 0.3) is 0 Å². The van der Waals surface area contributed by atoms with Crippen LogP contribution >= 0.6 is 17.0 Å². The lowest BCUT2D eigenvalue weighted by atomic mass is 10.5. The van der Waals surface area contributed by atoms with Crippen LogP contribution in [0.3, 0.4) is 0 Å². The highest BCUT2D eigenvalue weighted by molar-refractivity contribution is 8.93. The van der Waals surface area contributed by atoms with Crippen molar-refractivity contribution in [3.8, 4) is 0 Å². The summed E-state index contributed by atoms with van der Waals surface area (Å²) < 4.78 is 0. The molecule has 6 heavy (non-hydrogen) atoms. The SMILES string of the molecule is Br.C1CNNC1. The van der Waals surface area contributed by atoms with Crippen molar-refractivity contribution in [1.29, 1.82) is 0 Å². The number of hydrazine groups is 1. The molecule has 0 aliphatic carbocycles. The monoisotopic (exact) mass is 152 g/mol. The molecular formula is C3H9BrN2. The zero-order valence-electron chi connectivity index (χ0n) is 3.53. The molecule has 0 aromatic heterocycles. The molecule has 0 aromatic carbocycles. The zero-order valence-corrected chi connectivity index (χ0v) is 5.24. The molecule has 0 radical (unpaired) electrons. The molecule has 1 fully saturated rings. The van der Waals surface area contributed by atoms with Crippen LogP contribution in [-0.2, 0) is 0 Å². The van der Waals surface area contributed by atoms with Crippen LogP contribution in [0.25, 0.3) is 0 Å². The fraction of sp³-hybridized carbons (Fsp3) is 1.00. The molecule has 38 valence electrons. The van der Waals surface area contributed by atoms with Crippen molar-refractivity contribution in [2.24, 2.45) is 0 Å². The maximum absolute atomic E-state index is 2.97. The summed E-state index contributed by atoms with van der Waals surface area (Å²) in [5.74, 6) is 0. The molecule has 0 aromatic rings. The van der Waals surface area contributed by atoms with E-state index in [2.05, 4.69) is 10.9 Å². The zero-order chi connectivity index (χ0) is 3.54. The Labute approximate surface area is 48.0 Å². The third kappa shape index (κ3) is 1.74. The number of halogens is 1. The van der Waals surface area contributed by atoms with Gasteiger partial charge in [0.05, 0.1) is 0 Å². The van der Waals surface area contributed by atoms with Gasteiger partial charge in [0, 0.05) is 13.1 Å². The van der Waals surface area contributed by atoms with E-state index in [0.717, 1.165) is 13.1 Å². The molecule has 1 aliphatic rings. The van der Waals surface area contributed by atoms with Crippen LogP contribution < -0.4 is 10.9 Å². The lowest BCUT2D eigenvalue weighted by Crippen LogP contribution is -2.21. The summed E-state index contributed by atoms with van der Waals surface area (Å²) in [4.78, 5) is 0. The van der Waals surface area contributed by atoms with Gasteiger partial charge in [-0.1, -0.05) is 0 Å². The van der Waals surface area contributed by atoms with Crippen molar-refractivity contribution in [1.82, 2.24) is 10.9 Å². The fourth-order valence-electron chi connectivity index (χ4n) is 0.442.